The van der Waals surface area contributed by atoms with Crippen LogP contribution in [0, 0.1) is 0 Å². The van der Waals surface area contributed by atoms with Crippen LogP contribution in [0.2, 0.25) is 0 Å². The van der Waals surface area contributed by atoms with Crippen molar-refractivity contribution in [3.63, 3.8) is 0 Å². The molecule has 0 radical (unpaired) electrons. The molecule has 0 fully saturated rings. The van der Waals surface area contributed by atoms with Crippen molar-refractivity contribution in [2.75, 3.05) is 0 Å². The Hall–Kier alpha value is -2.75. The molecule has 0 spiro atoms. The number of rotatable bonds is 4. The highest BCUT2D eigenvalue weighted by atomic mass is 16.2. The van der Waals surface area contributed by atoms with E-state index in [9.17, 15) is 14.4 Å². The molecule has 0 bridgehead atoms. The van der Waals surface area contributed by atoms with Crippen LogP contribution in [0.4, 0.5) is 0 Å². The third kappa shape index (κ3) is 3.62. The molecule has 4 nitrogen and oxygen atoms in total. The van der Waals surface area contributed by atoms with Crippen LogP contribution in [0.15, 0.2) is 60.7 Å². The zero-order valence-corrected chi connectivity index (χ0v) is 10.7. The van der Waals surface area contributed by atoms with Crippen molar-refractivity contribution in [1.82, 2.24) is 5.32 Å². The Labute approximate surface area is 116 Å². The van der Waals surface area contributed by atoms with Crippen molar-refractivity contribution < 1.29 is 14.4 Å². The first kappa shape index (κ1) is 13.7. The average Bonchev–Trinajstić information content (AvgIpc) is 2.49. The van der Waals surface area contributed by atoms with Gasteiger partial charge in [-0.1, -0.05) is 48.5 Å². The molecule has 0 aliphatic rings. The number of hydrogen-bond acceptors (Lipinski definition) is 3. The molecule has 100 valence electrons. The highest BCUT2D eigenvalue weighted by molar-refractivity contribution is 6.13. The van der Waals surface area contributed by atoms with Gasteiger partial charge in [0.25, 0.3) is 5.91 Å². The van der Waals surface area contributed by atoms with Gasteiger partial charge in [-0.05, 0) is 12.1 Å². The van der Waals surface area contributed by atoms with Gasteiger partial charge < -0.3 is 0 Å². The lowest BCUT2D eigenvalue weighted by Gasteiger charge is -2.04. The molecular formula is C16H13NO3. The van der Waals surface area contributed by atoms with Gasteiger partial charge in [0.15, 0.2) is 5.78 Å². The second-order valence-corrected chi connectivity index (χ2v) is 4.21. The van der Waals surface area contributed by atoms with Crippen LogP contribution in [0.5, 0.6) is 0 Å². The number of hydrogen-bond donors (Lipinski definition) is 1. The summed E-state index contributed by atoms with van der Waals surface area (Å²) in [6.45, 7) is 0. The van der Waals surface area contributed by atoms with Crippen LogP contribution < -0.4 is 5.32 Å². The molecule has 0 aliphatic heterocycles. The molecule has 0 unspecified atom stereocenters. The van der Waals surface area contributed by atoms with Crippen LogP contribution >= 0.6 is 0 Å². The number of imide groups is 1. The molecule has 20 heavy (non-hydrogen) atoms. The highest BCUT2D eigenvalue weighted by Crippen LogP contribution is 2.03. The summed E-state index contributed by atoms with van der Waals surface area (Å²) in [6.07, 6.45) is -0.345. The number of benzene rings is 2. The van der Waals surface area contributed by atoms with E-state index in [1.165, 1.54) is 0 Å². The minimum Gasteiger partial charge on any atom is -0.294 e. The summed E-state index contributed by atoms with van der Waals surface area (Å²) in [5.74, 6) is -1.42. The Kier molecular flexibility index (Phi) is 4.39. The first-order chi connectivity index (χ1) is 9.66. The van der Waals surface area contributed by atoms with E-state index < -0.39 is 11.8 Å². The van der Waals surface area contributed by atoms with Gasteiger partial charge in [-0.3, -0.25) is 19.7 Å². The van der Waals surface area contributed by atoms with Gasteiger partial charge in [-0.15, -0.1) is 0 Å². The number of ketones is 1. The van der Waals surface area contributed by atoms with E-state index in [4.69, 9.17) is 0 Å². The van der Waals surface area contributed by atoms with Crippen LogP contribution in [-0.4, -0.2) is 17.6 Å². The van der Waals surface area contributed by atoms with E-state index in [2.05, 4.69) is 5.32 Å². The van der Waals surface area contributed by atoms with Crippen LogP contribution in [0.25, 0.3) is 0 Å². The summed E-state index contributed by atoms with van der Waals surface area (Å²) in [4.78, 5) is 35.2. The molecule has 0 saturated heterocycles. The Bertz CT molecular complexity index is 565. The first-order valence-corrected chi connectivity index (χ1v) is 6.14. The minimum atomic E-state index is -0.604. The maximum Gasteiger partial charge on any atom is 0.257 e. The van der Waals surface area contributed by atoms with Crippen molar-refractivity contribution in [3.8, 4) is 0 Å². The van der Waals surface area contributed by atoms with Gasteiger partial charge in [0.1, 0.15) is 0 Å². The van der Waals surface area contributed by atoms with Gasteiger partial charge in [0, 0.05) is 11.1 Å². The predicted molar refractivity (Wildman–Crippen MR) is 74.3 cm³/mol. The van der Waals surface area contributed by atoms with E-state index in [1.54, 1.807) is 60.7 Å². The maximum absolute atomic E-state index is 11.8. The summed E-state index contributed by atoms with van der Waals surface area (Å²) < 4.78 is 0. The third-order valence-corrected chi connectivity index (χ3v) is 2.71. The Morgan fingerprint density at radius 1 is 0.750 bits per heavy atom. The lowest BCUT2D eigenvalue weighted by atomic mass is 10.1. The quantitative estimate of drug-likeness (QED) is 0.682. The van der Waals surface area contributed by atoms with Gasteiger partial charge in [0.05, 0.1) is 6.42 Å². The Morgan fingerprint density at radius 2 is 1.25 bits per heavy atom. The molecule has 0 aromatic heterocycles. The lowest BCUT2D eigenvalue weighted by molar-refractivity contribution is -0.119. The Morgan fingerprint density at radius 3 is 1.80 bits per heavy atom. The standard InChI is InChI=1S/C16H13NO3/c18-14(12-7-3-1-4-8-12)11-15(19)17-16(20)13-9-5-2-6-10-13/h1-10H,11H2,(H,17,19,20). The number of amides is 2. The van der Waals surface area contributed by atoms with Crippen molar-refractivity contribution in [2.24, 2.45) is 0 Å². The second kappa shape index (κ2) is 6.43. The topological polar surface area (TPSA) is 63.2 Å². The van der Waals surface area contributed by atoms with Crippen molar-refractivity contribution in [2.45, 2.75) is 6.42 Å². The van der Waals surface area contributed by atoms with Gasteiger partial charge in [0.2, 0.25) is 5.91 Å². The number of carbonyl (C=O) groups excluding carboxylic acids is 3. The molecule has 1 N–H and O–H groups in total. The number of Topliss-reactive ketones (excluding diaryl/α,β-unsaturated/α-hetero) is 1. The second-order valence-electron chi connectivity index (χ2n) is 4.21. The van der Waals surface area contributed by atoms with E-state index >= 15 is 0 Å². The molecule has 2 aromatic rings. The molecule has 0 aliphatic carbocycles. The van der Waals surface area contributed by atoms with Crippen LogP contribution in [0.1, 0.15) is 27.1 Å². The smallest absolute Gasteiger partial charge is 0.257 e. The van der Waals surface area contributed by atoms with Crippen LogP contribution in [-0.2, 0) is 4.79 Å². The fourth-order valence-corrected chi connectivity index (χ4v) is 1.70. The van der Waals surface area contributed by atoms with Crippen molar-refractivity contribution in [3.05, 3.63) is 71.8 Å². The SMILES string of the molecule is O=C(CC(=O)c1ccccc1)NC(=O)c1ccccc1. The highest BCUT2D eigenvalue weighted by Gasteiger charge is 2.14. The van der Waals surface area contributed by atoms with Crippen molar-refractivity contribution >= 4 is 17.6 Å². The average molecular weight is 267 g/mol. The molecule has 2 aromatic carbocycles. The summed E-state index contributed by atoms with van der Waals surface area (Å²) in [5, 5.41) is 2.20. The lowest BCUT2D eigenvalue weighted by Crippen LogP contribution is -2.31. The molecule has 2 rings (SSSR count). The summed E-state index contributed by atoms with van der Waals surface area (Å²) in [5.41, 5.74) is 0.836. The molecular weight excluding hydrogens is 254 g/mol. The zero-order chi connectivity index (χ0) is 14.4. The van der Waals surface area contributed by atoms with E-state index in [-0.39, 0.29) is 12.2 Å². The van der Waals surface area contributed by atoms with Gasteiger partial charge in [-0.25, -0.2) is 0 Å². The van der Waals surface area contributed by atoms with Gasteiger partial charge >= 0.3 is 0 Å². The molecule has 4 heteroatoms. The molecule has 2 amide bonds. The number of carbonyl (C=O) groups is 3. The summed E-state index contributed by atoms with van der Waals surface area (Å²) in [7, 11) is 0. The predicted octanol–water partition coefficient (Wildman–Crippen LogP) is 2.22. The number of nitrogens with one attached hydrogen (secondary N) is 1. The molecule has 0 atom stereocenters. The Balaban J connectivity index is 1.93. The van der Waals surface area contributed by atoms with Crippen LogP contribution in [0.3, 0.4) is 0 Å². The minimum absolute atomic E-state index is 0.316. The van der Waals surface area contributed by atoms with Crippen molar-refractivity contribution in [1.29, 1.82) is 0 Å². The monoisotopic (exact) mass is 267 g/mol. The zero-order valence-electron chi connectivity index (χ0n) is 10.7. The third-order valence-electron chi connectivity index (χ3n) is 2.71. The normalized spacial score (nSPS) is 9.80. The van der Waals surface area contributed by atoms with E-state index in [0.717, 1.165) is 0 Å². The first-order valence-electron chi connectivity index (χ1n) is 6.14. The van der Waals surface area contributed by atoms with E-state index in [1.807, 2.05) is 0 Å². The van der Waals surface area contributed by atoms with Gasteiger partial charge in [-0.2, -0.15) is 0 Å². The molecule has 0 saturated carbocycles. The molecule has 0 heterocycles. The largest absolute Gasteiger partial charge is 0.294 e. The fourth-order valence-electron chi connectivity index (χ4n) is 1.70. The fraction of sp³-hybridized carbons (Fsp3) is 0.0625. The van der Waals surface area contributed by atoms with E-state index in [0.29, 0.717) is 11.1 Å². The summed E-state index contributed by atoms with van der Waals surface area (Å²) >= 11 is 0. The summed E-state index contributed by atoms with van der Waals surface area (Å²) in [6, 6.07) is 16.9. The maximum atomic E-state index is 11.8.